The number of aliphatic hydroxyl groups excluding tert-OH is 1. The third-order valence-corrected chi connectivity index (χ3v) is 5.32. The van der Waals surface area contributed by atoms with Crippen molar-refractivity contribution in [1.82, 2.24) is 4.90 Å². The van der Waals surface area contributed by atoms with E-state index in [9.17, 15) is 19.5 Å². The molecular weight excluding hydrogens is 420 g/mol. The van der Waals surface area contributed by atoms with Crippen LogP contribution in [0.2, 0.25) is 0 Å². The Bertz CT molecular complexity index is 906. The van der Waals surface area contributed by atoms with Crippen molar-refractivity contribution in [3.63, 3.8) is 0 Å². The zero-order valence-electron chi connectivity index (χ0n) is 17.3. The Kier molecular flexibility index (Phi) is 7.65. The quantitative estimate of drug-likeness (QED) is 0.344. The van der Waals surface area contributed by atoms with E-state index in [1.165, 1.54) is 0 Å². The van der Waals surface area contributed by atoms with Gasteiger partial charge in [-0.25, -0.2) is 4.79 Å². The van der Waals surface area contributed by atoms with Gasteiger partial charge in [-0.1, -0.05) is 24.3 Å². The summed E-state index contributed by atoms with van der Waals surface area (Å²) in [5.41, 5.74) is 2.23. The minimum absolute atomic E-state index is 0.00329. The van der Waals surface area contributed by atoms with Crippen LogP contribution in [0.15, 0.2) is 48.5 Å². The number of esters is 1. The van der Waals surface area contributed by atoms with Crippen LogP contribution in [0.25, 0.3) is 0 Å². The van der Waals surface area contributed by atoms with E-state index in [4.69, 9.17) is 16.3 Å². The molecule has 1 N–H and O–H groups in total. The summed E-state index contributed by atoms with van der Waals surface area (Å²) in [6.07, 6.45) is 0.139. The van der Waals surface area contributed by atoms with Crippen LogP contribution in [-0.4, -0.2) is 66.0 Å². The van der Waals surface area contributed by atoms with E-state index in [1.54, 1.807) is 31.2 Å². The molecule has 8 heteroatoms. The highest BCUT2D eigenvalue weighted by atomic mass is 35.5. The van der Waals surface area contributed by atoms with Gasteiger partial charge in [0.15, 0.2) is 0 Å². The van der Waals surface area contributed by atoms with Crippen LogP contribution >= 0.6 is 11.6 Å². The second kappa shape index (κ2) is 10.4. The van der Waals surface area contributed by atoms with Gasteiger partial charge in [0.25, 0.3) is 11.8 Å². The van der Waals surface area contributed by atoms with Gasteiger partial charge in [-0.15, -0.1) is 11.6 Å². The van der Waals surface area contributed by atoms with Crippen molar-refractivity contribution < 1.29 is 24.2 Å². The van der Waals surface area contributed by atoms with E-state index in [1.807, 2.05) is 29.2 Å². The molecule has 1 atom stereocenters. The molecule has 31 heavy (non-hydrogen) atoms. The highest BCUT2D eigenvalue weighted by Crippen LogP contribution is 2.27. The zero-order valence-corrected chi connectivity index (χ0v) is 18.0. The summed E-state index contributed by atoms with van der Waals surface area (Å²) in [5, 5.41) is 9.25. The van der Waals surface area contributed by atoms with Crippen molar-refractivity contribution in [2.24, 2.45) is 0 Å². The van der Waals surface area contributed by atoms with Crippen LogP contribution < -0.4 is 4.90 Å². The molecule has 0 radical (unpaired) electrons. The van der Waals surface area contributed by atoms with Crippen molar-refractivity contribution in [1.29, 1.82) is 0 Å². The number of imide groups is 1. The largest absolute Gasteiger partial charge is 0.464 e. The van der Waals surface area contributed by atoms with Crippen LogP contribution in [0.4, 0.5) is 5.69 Å². The number of hydrogen-bond acceptors (Lipinski definition) is 6. The Balaban J connectivity index is 1.85. The van der Waals surface area contributed by atoms with Crippen molar-refractivity contribution in [3.8, 4) is 0 Å². The predicted molar refractivity (Wildman–Crippen MR) is 118 cm³/mol. The number of benzene rings is 2. The second-order valence-corrected chi connectivity index (χ2v) is 7.44. The van der Waals surface area contributed by atoms with Crippen molar-refractivity contribution in [3.05, 3.63) is 65.2 Å². The number of hydrogen-bond donors (Lipinski definition) is 1. The smallest absolute Gasteiger partial charge is 0.329 e. The number of fused-ring (bicyclic) bond motifs is 1. The monoisotopic (exact) mass is 444 g/mol. The molecule has 0 aromatic heterocycles. The average Bonchev–Trinajstić information content (AvgIpc) is 3.03. The van der Waals surface area contributed by atoms with E-state index >= 15 is 0 Å². The first kappa shape index (κ1) is 22.8. The minimum atomic E-state index is -1.06. The summed E-state index contributed by atoms with van der Waals surface area (Å²) < 4.78 is 5.17. The molecule has 1 aliphatic heterocycles. The number of rotatable bonds is 10. The van der Waals surface area contributed by atoms with Gasteiger partial charge in [0.2, 0.25) is 0 Å². The van der Waals surface area contributed by atoms with Gasteiger partial charge in [0, 0.05) is 31.1 Å². The fraction of sp³-hybridized carbons (Fsp3) is 0.348. The fourth-order valence-corrected chi connectivity index (χ4v) is 3.87. The summed E-state index contributed by atoms with van der Waals surface area (Å²) >= 11 is 5.84. The molecule has 0 bridgehead atoms. The lowest BCUT2D eigenvalue weighted by Gasteiger charge is -2.25. The van der Waals surface area contributed by atoms with Gasteiger partial charge in [0.05, 0.1) is 24.3 Å². The molecule has 0 unspecified atom stereocenters. The van der Waals surface area contributed by atoms with Gasteiger partial charge in [-0.05, 0) is 36.8 Å². The first-order valence-electron chi connectivity index (χ1n) is 10.2. The molecule has 0 saturated carbocycles. The third-order valence-electron chi connectivity index (χ3n) is 5.15. The van der Waals surface area contributed by atoms with Crippen LogP contribution in [-0.2, 0) is 16.0 Å². The Morgan fingerprint density at radius 3 is 2.19 bits per heavy atom. The normalized spacial score (nSPS) is 13.8. The molecule has 1 aliphatic rings. The summed E-state index contributed by atoms with van der Waals surface area (Å²) in [5.74, 6) is -1.19. The number of aliphatic hydroxyl groups is 1. The maximum atomic E-state index is 12.9. The molecule has 164 valence electrons. The number of ether oxygens (including phenoxy) is 1. The third kappa shape index (κ3) is 4.89. The molecule has 2 amide bonds. The molecule has 0 aliphatic carbocycles. The Labute approximate surface area is 186 Å². The highest BCUT2D eigenvalue weighted by molar-refractivity contribution is 6.22. The SMILES string of the molecule is CCOC(=O)[C@H](Cc1ccc(N(CCO)CCCl)cc1)N1C(=O)c2ccccc2C1=O. The molecule has 7 nitrogen and oxygen atoms in total. The van der Waals surface area contributed by atoms with E-state index in [2.05, 4.69) is 0 Å². The highest BCUT2D eigenvalue weighted by Gasteiger charge is 2.43. The van der Waals surface area contributed by atoms with Crippen LogP contribution in [0, 0.1) is 0 Å². The molecule has 0 fully saturated rings. The Hall–Kier alpha value is -2.90. The zero-order chi connectivity index (χ0) is 22.4. The lowest BCUT2D eigenvalue weighted by atomic mass is 10.0. The summed E-state index contributed by atoms with van der Waals surface area (Å²) in [7, 11) is 0. The number of anilines is 1. The van der Waals surface area contributed by atoms with Crippen LogP contribution in [0.5, 0.6) is 0 Å². The maximum absolute atomic E-state index is 12.9. The lowest BCUT2D eigenvalue weighted by molar-refractivity contribution is -0.147. The molecule has 3 rings (SSSR count). The van der Waals surface area contributed by atoms with Crippen molar-refractivity contribution >= 4 is 35.1 Å². The van der Waals surface area contributed by atoms with Crippen molar-refractivity contribution in [2.45, 2.75) is 19.4 Å². The summed E-state index contributed by atoms with van der Waals surface area (Å²) in [6, 6.07) is 12.9. The molecular formula is C23H25ClN2O5. The van der Waals surface area contributed by atoms with Gasteiger partial charge in [0.1, 0.15) is 6.04 Å². The maximum Gasteiger partial charge on any atom is 0.329 e. The number of alkyl halides is 1. The molecule has 0 spiro atoms. The molecule has 1 heterocycles. The molecule has 0 saturated heterocycles. The molecule has 2 aromatic rings. The Morgan fingerprint density at radius 2 is 1.68 bits per heavy atom. The Morgan fingerprint density at radius 1 is 1.06 bits per heavy atom. The van der Waals surface area contributed by atoms with E-state index in [0.717, 1.165) is 16.2 Å². The lowest BCUT2D eigenvalue weighted by Crippen LogP contribution is -2.47. The number of halogens is 1. The first-order valence-corrected chi connectivity index (χ1v) is 10.7. The number of carbonyl (C=O) groups is 3. The van der Waals surface area contributed by atoms with E-state index in [-0.39, 0.29) is 30.8 Å². The number of amides is 2. The summed E-state index contributed by atoms with van der Waals surface area (Å²) in [6.45, 7) is 2.86. The second-order valence-electron chi connectivity index (χ2n) is 7.06. The van der Waals surface area contributed by atoms with Gasteiger partial charge >= 0.3 is 5.97 Å². The number of nitrogens with zero attached hydrogens (tertiary/aromatic N) is 2. The van der Waals surface area contributed by atoms with E-state index < -0.39 is 23.8 Å². The topological polar surface area (TPSA) is 87.2 Å². The fourth-order valence-electron chi connectivity index (χ4n) is 3.67. The van der Waals surface area contributed by atoms with Gasteiger partial charge < -0.3 is 14.7 Å². The first-order chi connectivity index (χ1) is 15.0. The van der Waals surface area contributed by atoms with E-state index in [0.29, 0.717) is 19.0 Å². The van der Waals surface area contributed by atoms with Gasteiger partial charge in [-0.2, -0.15) is 0 Å². The molecule has 2 aromatic carbocycles. The number of carbonyl (C=O) groups excluding carboxylic acids is 3. The standard InChI is InChI=1S/C23H25ClN2O5/c1-2-31-23(30)20(26-21(28)18-5-3-4-6-19(18)22(26)29)15-16-7-9-17(10-8-16)25(12-11-24)13-14-27/h3-10,20,27H,2,11-15H2,1H3/t20-/m0/s1. The van der Waals surface area contributed by atoms with Crippen LogP contribution in [0.1, 0.15) is 33.2 Å². The predicted octanol–water partition coefficient (Wildman–Crippen LogP) is 2.49. The van der Waals surface area contributed by atoms with Crippen molar-refractivity contribution in [2.75, 3.05) is 37.1 Å². The summed E-state index contributed by atoms with van der Waals surface area (Å²) in [4.78, 5) is 41.4. The average molecular weight is 445 g/mol. The minimum Gasteiger partial charge on any atom is -0.464 e. The van der Waals surface area contributed by atoms with Gasteiger partial charge in [-0.3, -0.25) is 14.5 Å². The van der Waals surface area contributed by atoms with Crippen LogP contribution in [0.3, 0.4) is 0 Å².